The van der Waals surface area contributed by atoms with Gasteiger partial charge in [0.05, 0.1) is 5.92 Å². The fourth-order valence-electron chi connectivity index (χ4n) is 1.98. The number of hydrogen-bond acceptors (Lipinski definition) is 1. The molecule has 0 amide bonds. The lowest BCUT2D eigenvalue weighted by Crippen LogP contribution is -2.15. The van der Waals surface area contributed by atoms with E-state index in [2.05, 4.69) is 0 Å². The summed E-state index contributed by atoms with van der Waals surface area (Å²) in [4.78, 5) is 10.9. The van der Waals surface area contributed by atoms with E-state index in [0.29, 0.717) is 0 Å². The smallest absolute Gasteiger partial charge is 0.310 e. The van der Waals surface area contributed by atoms with Crippen molar-refractivity contribution >= 4 is 12.0 Å². The topological polar surface area (TPSA) is 37.3 Å². The Bertz CT molecular complexity index is 463. The maximum atomic E-state index is 13.0. The standard InChI is InChI=1S/C13H13FO2/c1-8(13(15)16)10-3-2-9-4-5-12(14)7-11(9)6-10/h4-8H,2-3H2,1H3,(H,15,16). The van der Waals surface area contributed by atoms with Gasteiger partial charge in [-0.15, -0.1) is 0 Å². The average molecular weight is 220 g/mol. The lowest BCUT2D eigenvalue weighted by Gasteiger charge is -2.19. The molecule has 1 aromatic rings. The summed E-state index contributed by atoms with van der Waals surface area (Å²) >= 11 is 0. The first kappa shape index (κ1) is 10.9. The number of aliphatic carboxylic acids is 1. The van der Waals surface area contributed by atoms with E-state index < -0.39 is 11.9 Å². The maximum absolute atomic E-state index is 13.0. The van der Waals surface area contributed by atoms with Crippen LogP contribution in [0.1, 0.15) is 24.5 Å². The van der Waals surface area contributed by atoms with E-state index in [1.165, 1.54) is 12.1 Å². The molecule has 0 heterocycles. The van der Waals surface area contributed by atoms with Crippen LogP contribution in [-0.2, 0) is 11.2 Å². The van der Waals surface area contributed by atoms with Crippen molar-refractivity contribution in [2.45, 2.75) is 19.8 Å². The molecule has 0 aliphatic heterocycles. The summed E-state index contributed by atoms with van der Waals surface area (Å²) in [5.74, 6) is -1.60. The summed E-state index contributed by atoms with van der Waals surface area (Å²) in [6, 6.07) is 4.67. The lowest BCUT2D eigenvalue weighted by molar-refractivity contribution is -0.139. The number of rotatable bonds is 2. The highest BCUT2D eigenvalue weighted by Gasteiger charge is 2.20. The highest BCUT2D eigenvalue weighted by Crippen LogP contribution is 2.28. The highest BCUT2D eigenvalue weighted by atomic mass is 19.1. The van der Waals surface area contributed by atoms with Crippen molar-refractivity contribution in [3.05, 3.63) is 40.7 Å². The van der Waals surface area contributed by atoms with Crippen LogP contribution in [0, 0.1) is 11.7 Å². The van der Waals surface area contributed by atoms with Crippen molar-refractivity contribution in [2.24, 2.45) is 5.92 Å². The number of carboxylic acid groups (broad SMARTS) is 1. The van der Waals surface area contributed by atoms with Gasteiger partial charge in [0, 0.05) is 0 Å². The molecule has 0 aromatic heterocycles. The first-order valence-electron chi connectivity index (χ1n) is 5.29. The van der Waals surface area contributed by atoms with Crippen molar-refractivity contribution in [1.29, 1.82) is 0 Å². The van der Waals surface area contributed by atoms with Gasteiger partial charge in [-0.25, -0.2) is 4.39 Å². The number of halogens is 1. The first-order chi connectivity index (χ1) is 7.58. The van der Waals surface area contributed by atoms with Crippen LogP contribution in [0.5, 0.6) is 0 Å². The summed E-state index contributed by atoms with van der Waals surface area (Å²) in [5.41, 5.74) is 2.77. The van der Waals surface area contributed by atoms with Crippen LogP contribution in [0.25, 0.3) is 6.08 Å². The normalized spacial score (nSPS) is 16.2. The molecule has 84 valence electrons. The fraction of sp³-hybridized carbons (Fsp3) is 0.308. The Labute approximate surface area is 93.4 Å². The Balaban J connectivity index is 2.37. The molecule has 1 atom stereocenters. The van der Waals surface area contributed by atoms with Crippen molar-refractivity contribution in [3.8, 4) is 0 Å². The molecule has 0 saturated heterocycles. The molecule has 0 radical (unpaired) electrons. The molecule has 16 heavy (non-hydrogen) atoms. The Hall–Kier alpha value is -1.64. The van der Waals surface area contributed by atoms with Crippen LogP contribution >= 0.6 is 0 Å². The Morgan fingerprint density at radius 3 is 2.88 bits per heavy atom. The molecular weight excluding hydrogens is 207 g/mol. The maximum Gasteiger partial charge on any atom is 0.310 e. The van der Waals surface area contributed by atoms with Crippen LogP contribution < -0.4 is 0 Å². The van der Waals surface area contributed by atoms with Crippen LogP contribution in [0.3, 0.4) is 0 Å². The van der Waals surface area contributed by atoms with E-state index in [0.717, 1.165) is 29.5 Å². The third kappa shape index (κ3) is 1.98. The second kappa shape index (κ2) is 4.08. The molecule has 0 saturated carbocycles. The van der Waals surface area contributed by atoms with Gasteiger partial charge in [-0.05, 0) is 43.0 Å². The summed E-state index contributed by atoms with van der Waals surface area (Å²) < 4.78 is 13.0. The monoisotopic (exact) mass is 220 g/mol. The molecule has 1 aliphatic carbocycles. The molecule has 1 unspecified atom stereocenters. The van der Waals surface area contributed by atoms with Crippen molar-refractivity contribution in [1.82, 2.24) is 0 Å². The second-order valence-electron chi connectivity index (χ2n) is 4.12. The van der Waals surface area contributed by atoms with Crippen LogP contribution in [0.15, 0.2) is 23.8 Å². The third-order valence-electron chi connectivity index (χ3n) is 3.06. The minimum Gasteiger partial charge on any atom is -0.481 e. The number of carbonyl (C=O) groups is 1. The molecule has 0 fully saturated rings. The van der Waals surface area contributed by atoms with Gasteiger partial charge in [0.15, 0.2) is 0 Å². The van der Waals surface area contributed by atoms with Crippen LogP contribution in [0.4, 0.5) is 4.39 Å². The minimum absolute atomic E-state index is 0.278. The predicted octanol–water partition coefficient (Wildman–Crippen LogP) is 2.88. The van der Waals surface area contributed by atoms with Gasteiger partial charge < -0.3 is 5.11 Å². The molecule has 1 aliphatic rings. The van der Waals surface area contributed by atoms with E-state index in [9.17, 15) is 9.18 Å². The van der Waals surface area contributed by atoms with Gasteiger partial charge in [-0.1, -0.05) is 17.7 Å². The summed E-state index contributed by atoms with van der Waals surface area (Å²) in [6.45, 7) is 1.67. The number of carboxylic acids is 1. The molecule has 0 bridgehead atoms. The Morgan fingerprint density at radius 2 is 2.19 bits per heavy atom. The molecular formula is C13H13FO2. The van der Waals surface area contributed by atoms with Crippen LogP contribution in [-0.4, -0.2) is 11.1 Å². The first-order valence-corrected chi connectivity index (χ1v) is 5.29. The molecule has 3 heteroatoms. The summed E-state index contributed by atoms with van der Waals surface area (Å²) in [7, 11) is 0. The second-order valence-corrected chi connectivity index (χ2v) is 4.12. The van der Waals surface area contributed by atoms with E-state index in [1.54, 1.807) is 19.1 Å². The number of aryl methyl sites for hydroxylation is 1. The molecule has 1 N–H and O–H groups in total. The molecule has 2 nitrogen and oxygen atoms in total. The Morgan fingerprint density at radius 1 is 1.44 bits per heavy atom. The number of fused-ring (bicyclic) bond motifs is 1. The highest BCUT2D eigenvalue weighted by molar-refractivity contribution is 5.76. The average Bonchev–Trinajstić information content (AvgIpc) is 2.26. The predicted molar refractivity (Wildman–Crippen MR) is 59.5 cm³/mol. The van der Waals surface area contributed by atoms with Crippen molar-refractivity contribution in [3.63, 3.8) is 0 Å². The van der Waals surface area contributed by atoms with Gasteiger partial charge in [-0.3, -0.25) is 4.79 Å². The van der Waals surface area contributed by atoms with Gasteiger partial charge in [0.2, 0.25) is 0 Å². The number of benzene rings is 1. The van der Waals surface area contributed by atoms with Gasteiger partial charge in [0.25, 0.3) is 0 Å². The quantitative estimate of drug-likeness (QED) is 0.832. The fourth-order valence-corrected chi connectivity index (χ4v) is 1.98. The Kier molecular flexibility index (Phi) is 2.77. The SMILES string of the molecule is CC(C(=O)O)C1=Cc2cc(F)ccc2CC1. The molecule has 1 aromatic carbocycles. The van der Waals surface area contributed by atoms with Gasteiger partial charge in [0.1, 0.15) is 5.82 Å². The van der Waals surface area contributed by atoms with Crippen molar-refractivity contribution in [2.75, 3.05) is 0 Å². The zero-order valence-electron chi connectivity index (χ0n) is 9.03. The minimum atomic E-state index is -0.828. The molecule has 0 spiro atoms. The van der Waals surface area contributed by atoms with E-state index in [4.69, 9.17) is 5.11 Å². The van der Waals surface area contributed by atoms with Crippen LogP contribution in [0.2, 0.25) is 0 Å². The van der Waals surface area contributed by atoms with Crippen molar-refractivity contribution < 1.29 is 14.3 Å². The third-order valence-corrected chi connectivity index (χ3v) is 3.06. The van der Waals surface area contributed by atoms with E-state index in [1.807, 2.05) is 0 Å². The zero-order chi connectivity index (χ0) is 11.7. The largest absolute Gasteiger partial charge is 0.481 e. The van der Waals surface area contributed by atoms with Gasteiger partial charge in [-0.2, -0.15) is 0 Å². The van der Waals surface area contributed by atoms with E-state index in [-0.39, 0.29) is 5.82 Å². The number of hydrogen-bond donors (Lipinski definition) is 1. The van der Waals surface area contributed by atoms with E-state index >= 15 is 0 Å². The zero-order valence-corrected chi connectivity index (χ0v) is 9.03. The molecule has 2 rings (SSSR count). The summed E-state index contributed by atoms with van der Waals surface area (Å²) in [5, 5.41) is 8.92. The lowest BCUT2D eigenvalue weighted by atomic mass is 9.86. The summed E-state index contributed by atoms with van der Waals surface area (Å²) in [6.07, 6.45) is 3.34. The van der Waals surface area contributed by atoms with Gasteiger partial charge >= 0.3 is 5.97 Å².